The van der Waals surface area contributed by atoms with Crippen LogP contribution in [0.1, 0.15) is 35.1 Å². The zero-order valence-corrected chi connectivity index (χ0v) is 22.9. The molecule has 1 aliphatic rings. The summed E-state index contributed by atoms with van der Waals surface area (Å²) in [6.45, 7) is 19.6. The molecule has 8 heteroatoms. The number of carbonyl (C=O) groups excluding carboxylic acids is 3. The highest BCUT2D eigenvalue weighted by Crippen LogP contribution is 2.18. The third-order valence-corrected chi connectivity index (χ3v) is 6.87. The third-order valence-electron chi connectivity index (χ3n) is 5.55. The molecule has 0 amide bonds. The predicted octanol–water partition coefficient (Wildman–Crippen LogP) is 3.18. The Balaban J connectivity index is 0. The van der Waals surface area contributed by atoms with Gasteiger partial charge in [-0.15, -0.1) is 8.58 Å². The molecule has 0 aromatic carbocycles. The summed E-state index contributed by atoms with van der Waals surface area (Å²) in [4.78, 5) is 42.2. The highest BCUT2D eigenvalue weighted by atomic mass is 31.1. The number of aldehydes is 3. The first-order valence-corrected chi connectivity index (χ1v) is 13.8. The SMILES string of the molecule is C.C=C(C)/C=C\C(=C/C)CPCN1CCN(CC=O)CCN(CC=O)CCN(CC=O)CC1.CC. The normalized spacial score (nSPS) is 18.2. The number of hydrogen-bond acceptors (Lipinski definition) is 7. The van der Waals surface area contributed by atoms with E-state index in [2.05, 4.69) is 51.3 Å². The topological polar surface area (TPSA) is 64.2 Å². The highest BCUT2D eigenvalue weighted by Gasteiger charge is 2.16. The maximum Gasteiger partial charge on any atom is 0.133 e. The van der Waals surface area contributed by atoms with Crippen molar-refractivity contribution in [3.63, 3.8) is 0 Å². The molecule has 0 aliphatic carbocycles. The molecule has 1 saturated heterocycles. The van der Waals surface area contributed by atoms with Gasteiger partial charge in [-0.05, 0) is 25.6 Å². The maximum atomic E-state index is 11.2. The Bertz CT molecular complexity index is 614. The van der Waals surface area contributed by atoms with Crippen molar-refractivity contribution in [3.8, 4) is 0 Å². The second-order valence-corrected chi connectivity index (χ2v) is 9.32. The fourth-order valence-electron chi connectivity index (χ4n) is 3.47. The van der Waals surface area contributed by atoms with Crippen molar-refractivity contribution >= 4 is 27.4 Å². The lowest BCUT2D eigenvalue weighted by atomic mass is 10.2. The van der Waals surface area contributed by atoms with E-state index in [-0.39, 0.29) is 7.43 Å². The molecule has 202 valence electrons. The minimum atomic E-state index is 0. The molecule has 1 aliphatic heterocycles. The molecule has 7 nitrogen and oxygen atoms in total. The summed E-state index contributed by atoms with van der Waals surface area (Å²) in [6.07, 6.45) is 11.2. The molecular weight excluding hydrogens is 459 g/mol. The first-order chi connectivity index (χ1) is 16.5. The van der Waals surface area contributed by atoms with Crippen molar-refractivity contribution in [1.29, 1.82) is 0 Å². The van der Waals surface area contributed by atoms with Crippen molar-refractivity contribution in [2.75, 3.05) is 84.4 Å². The van der Waals surface area contributed by atoms with Crippen LogP contribution in [0, 0.1) is 0 Å². The lowest BCUT2D eigenvalue weighted by molar-refractivity contribution is -0.110. The number of carbonyl (C=O) groups is 3. The molecule has 1 atom stereocenters. The third kappa shape index (κ3) is 18.4. The van der Waals surface area contributed by atoms with Crippen molar-refractivity contribution < 1.29 is 14.4 Å². The molecule has 0 bridgehead atoms. The molecule has 1 rings (SSSR count). The minimum absolute atomic E-state index is 0. The fourth-order valence-corrected chi connectivity index (χ4v) is 4.82. The summed E-state index contributed by atoms with van der Waals surface area (Å²) in [5.41, 5.74) is 2.37. The molecule has 0 saturated carbocycles. The Morgan fingerprint density at radius 3 is 1.43 bits per heavy atom. The smallest absolute Gasteiger partial charge is 0.133 e. The number of nitrogens with zero attached hydrogens (tertiary/aromatic N) is 4. The lowest BCUT2D eigenvalue weighted by Crippen LogP contribution is -2.46. The average Bonchev–Trinajstić information content (AvgIpc) is 2.83. The summed E-state index contributed by atoms with van der Waals surface area (Å²) in [5, 5.41) is 0. The van der Waals surface area contributed by atoms with E-state index in [1.54, 1.807) is 0 Å². The van der Waals surface area contributed by atoms with Gasteiger partial charge in [-0.25, -0.2) is 0 Å². The molecular formula is C27H51N4O3P. The molecule has 1 heterocycles. The fraction of sp³-hybridized carbons (Fsp3) is 0.667. The first kappa shape index (κ1) is 35.7. The van der Waals surface area contributed by atoms with Gasteiger partial charge in [-0.3, -0.25) is 19.6 Å². The van der Waals surface area contributed by atoms with Crippen LogP contribution in [0.5, 0.6) is 0 Å². The van der Waals surface area contributed by atoms with Crippen LogP contribution in [0.3, 0.4) is 0 Å². The Labute approximate surface area is 217 Å². The highest BCUT2D eigenvalue weighted by molar-refractivity contribution is 7.38. The monoisotopic (exact) mass is 510 g/mol. The molecule has 1 unspecified atom stereocenters. The number of rotatable bonds is 12. The van der Waals surface area contributed by atoms with E-state index in [4.69, 9.17) is 0 Å². The Hall–Kier alpha value is -1.50. The van der Waals surface area contributed by atoms with E-state index in [0.29, 0.717) is 19.6 Å². The molecule has 0 radical (unpaired) electrons. The van der Waals surface area contributed by atoms with E-state index >= 15 is 0 Å². The van der Waals surface area contributed by atoms with Gasteiger partial charge in [0.25, 0.3) is 0 Å². The average molecular weight is 511 g/mol. The van der Waals surface area contributed by atoms with Crippen LogP contribution in [0.25, 0.3) is 0 Å². The van der Waals surface area contributed by atoms with Crippen LogP contribution in [-0.2, 0) is 14.4 Å². The number of hydrogen-bond donors (Lipinski definition) is 0. The van der Waals surface area contributed by atoms with Crippen LogP contribution in [0.2, 0.25) is 0 Å². The van der Waals surface area contributed by atoms with Crippen molar-refractivity contribution in [2.24, 2.45) is 0 Å². The Morgan fingerprint density at radius 1 is 0.743 bits per heavy atom. The molecule has 0 spiro atoms. The number of allylic oxidation sites excluding steroid dienone is 5. The van der Waals surface area contributed by atoms with E-state index in [9.17, 15) is 14.4 Å². The molecule has 0 aromatic heterocycles. The zero-order valence-electron chi connectivity index (χ0n) is 21.9. The van der Waals surface area contributed by atoms with E-state index < -0.39 is 0 Å². The van der Waals surface area contributed by atoms with Gasteiger partial charge in [-0.1, -0.05) is 51.7 Å². The van der Waals surface area contributed by atoms with E-state index in [1.807, 2.05) is 20.8 Å². The molecule has 0 aromatic rings. The van der Waals surface area contributed by atoms with Gasteiger partial charge in [0.2, 0.25) is 0 Å². The van der Waals surface area contributed by atoms with E-state index in [1.165, 1.54) is 5.57 Å². The van der Waals surface area contributed by atoms with Crippen molar-refractivity contribution in [1.82, 2.24) is 19.6 Å². The lowest BCUT2D eigenvalue weighted by Gasteiger charge is -2.32. The van der Waals surface area contributed by atoms with Gasteiger partial charge in [0.05, 0.1) is 19.6 Å². The summed E-state index contributed by atoms with van der Waals surface area (Å²) in [5.74, 6) is 0. The van der Waals surface area contributed by atoms with Gasteiger partial charge < -0.3 is 14.4 Å². The largest absolute Gasteiger partial charge is 0.302 e. The molecule has 35 heavy (non-hydrogen) atoms. The van der Waals surface area contributed by atoms with Crippen LogP contribution >= 0.6 is 8.58 Å². The van der Waals surface area contributed by atoms with Gasteiger partial charge in [0.1, 0.15) is 18.9 Å². The van der Waals surface area contributed by atoms with Crippen LogP contribution in [0.15, 0.2) is 36.0 Å². The zero-order chi connectivity index (χ0) is 25.6. The summed E-state index contributed by atoms with van der Waals surface area (Å²) < 4.78 is 0. The van der Waals surface area contributed by atoms with Crippen LogP contribution in [0.4, 0.5) is 0 Å². The van der Waals surface area contributed by atoms with Crippen LogP contribution in [-0.4, -0.2) is 123 Å². The standard InChI is InChI=1S/C24H41N4O3P.C2H6.CH4/c1-4-24(6-5-23(2)3)21-32-22-28-13-11-26(16-19-30)9-7-25(15-18-29)8-10-27(12-14-28)17-20-31;1-2;/h4-6,18-20,32H,2,7-17,21-22H2,1,3H3;1-2H3;1H4/b6-5-,24-4+;;. The van der Waals surface area contributed by atoms with Gasteiger partial charge in [0.15, 0.2) is 0 Å². The van der Waals surface area contributed by atoms with Gasteiger partial charge in [0, 0.05) is 58.6 Å². The molecule has 1 fully saturated rings. The second-order valence-electron chi connectivity index (χ2n) is 8.15. The summed E-state index contributed by atoms with van der Waals surface area (Å²) in [7, 11) is 0.777. The maximum absolute atomic E-state index is 11.2. The second kappa shape index (κ2) is 24.2. The van der Waals surface area contributed by atoms with Gasteiger partial charge >= 0.3 is 0 Å². The first-order valence-electron chi connectivity index (χ1n) is 12.4. The van der Waals surface area contributed by atoms with E-state index in [0.717, 1.165) is 97.8 Å². The summed E-state index contributed by atoms with van der Waals surface area (Å²) in [6, 6.07) is 0. The predicted molar refractivity (Wildman–Crippen MR) is 153 cm³/mol. The summed E-state index contributed by atoms with van der Waals surface area (Å²) >= 11 is 0. The van der Waals surface area contributed by atoms with Crippen LogP contribution < -0.4 is 0 Å². The Morgan fingerprint density at radius 2 is 1.11 bits per heavy atom. The van der Waals surface area contributed by atoms with Crippen molar-refractivity contribution in [2.45, 2.75) is 35.1 Å². The quantitative estimate of drug-likeness (QED) is 0.227. The Kier molecular flexibility index (Phi) is 24.7. The minimum Gasteiger partial charge on any atom is -0.302 e. The van der Waals surface area contributed by atoms with Gasteiger partial charge in [-0.2, -0.15) is 0 Å². The molecule has 0 N–H and O–H groups in total. The van der Waals surface area contributed by atoms with Crippen molar-refractivity contribution in [3.05, 3.63) is 36.0 Å².